The number of halogens is 1. The summed E-state index contributed by atoms with van der Waals surface area (Å²) in [7, 11) is 0. The summed E-state index contributed by atoms with van der Waals surface area (Å²) in [6.45, 7) is 4.23. The van der Waals surface area contributed by atoms with Crippen molar-refractivity contribution in [2.75, 3.05) is 0 Å². The van der Waals surface area contributed by atoms with Crippen LogP contribution in [0.25, 0.3) is 10.8 Å². The highest BCUT2D eigenvalue weighted by Crippen LogP contribution is 2.28. The largest absolute Gasteiger partial charge is 0.391 e. The Morgan fingerprint density at radius 2 is 1.75 bits per heavy atom. The standard InChI is InChI=1S/C17H23NO.ClH/c1-3-4-9-16(19)17(18)15-11-10-12(2)13-7-5-6-8-14(13)15;/h5-8,10-11,16-17,19H,3-4,9,18H2,1-2H3;1H/t16-,17+;/m0./s1. The monoisotopic (exact) mass is 293 g/mol. The molecule has 110 valence electrons. The van der Waals surface area contributed by atoms with Gasteiger partial charge in [-0.05, 0) is 35.2 Å². The Hall–Kier alpha value is -1.09. The van der Waals surface area contributed by atoms with Gasteiger partial charge in [0.1, 0.15) is 0 Å². The van der Waals surface area contributed by atoms with Gasteiger partial charge in [0.2, 0.25) is 0 Å². The van der Waals surface area contributed by atoms with Crippen LogP contribution in [0.1, 0.15) is 43.4 Å². The first-order valence-electron chi connectivity index (χ1n) is 7.07. The maximum absolute atomic E-state index is 10.2. The molecule has 0 saturated heterocycles. The third-order valence-electron chi connectivity index (χ3n) is 3.80. The van der Waals surface area contributed by atoms with Crippen molar-refractivity contribution < 1.29 is 5.11 Å². The summed E-state index contributed by atoms with van der Waals surface area (Å²) in [4.78, 5) is 0. The SMILES string of the molecule is CCCC[C@H](O)[C@H](N)c1ccc(C)c2ccccc12.Cl. The van der Waals surface area contributed by atoms with E-state index in [4.69, 9.17) is 5.73 Å². The molecule has 0 amide bonds. The maximum Gasteiger partial charge on any atom is 0.0733 e. The summed E-state index contributed by atoms with van der Waals surface area (Å²) < 4.78 is 0. The van der Waals surface area contributed by atoms with Gasteiger partial charge in [-0.1, -0.05) is 56.2 Å². The van der Waals surface area contributed by atoms with E-state index in [-0.39, 0.29) is 18.4 Å². The van der Waals surface area contributed by atoms with Gasteiger partial charge < -0.3 is 10.8 Å². The third-order valence-corrected chi connectivity index (χ3v) is 3.80. The summed E-state index contributed by atoms with van der Waals surface area (Å²) in [5.74, 6) is 0. The molecule has 0 spiro atoms. The summed E-state index contributed by atoms with van der Waals surface area (Å²) >= 11 is 0. The molecule has 2 atom stereocenters. The number of nitrogens with two attached hydrogens (primary N) is 1. The van der Waals surface area contributed by atoms with Crippen LogP contribution in [0.2, 0.25) is 0 Å². The lowest BCUT2D eigenvalue weighted by atomic mass is 9.92. The fourth-order valence-corrected chi connectivity index (χ4v) is 2.56. The van der Waals surface area contributed by atoms with E-state index >= 15 is 0 Å². The summed E-state index contributed by atoms with van der Waals surface area (Å²) in [5.41, 5.74) is 8.54. The van der Waals surface area contributed by atoms with Crippen molar-refractivity contribution >= 4 is 23.2 Å². The predicted octanol–water partition coefficient (Wildman–Crippen LogP) is 4.12. The highest BCUT2D eigenvalue weighted by Gasteiger charge is 2.18. The van der Waals surface area contributed by atoms with E-state index in [0.29, 0.717) is 0 Å². The summed E-state index contributed by atoms with van der Waals surface area (Å²) in [6, 6.07) is 12.1. The third kappa shape index (κ3) is 3.51. The number of unbranched alkanes of at least 4 members (excludes halogenated alkanes) is 1. The van der Waals surface area contributed by atoms with E-state index in [1.807, 2.05) is 12.1 Å². The van der Waals surface area contributed by atoms with Gasteiger partial charge in [-0.25, -0.2) is 0 Å². The number of benzene rings is 2. The van der Waals surface area contributed by atoms with Crippen molar-refractivity contribution in [1.29, 1.82) is 0 Å². The van der Waals surface area contributed by atoms with Crippen LogP contribution in [0.15, 0.2) is 36.4 Å². The van der Waals surface area contributed by atoms with E-state index in [0.717, 1.165) is 30.2 Å². The molecular formula is C17H24ClNO. The molecule has 2 aromatic carbocycles. The fraction of sp³-hybridized carbons (Fsp3) is 0.412. The molecule has 0 radical (unpaired) electrons. The van der Waals surface area contributed by atoms with E-state index in [2.05, 4.69) is 38.1 Å². The maximum atomic E-state index is 10.2. The first kappa shape index (κ1) is 17.0. The Bertz CT molecular complexity index is 556. The quantitative estimate of drug-likeness (QED) is 0.871. The van der Waals surface area contributed by atoms with Crippen LogP contribution < -0.4 is 5.73 Å². The van der Waals surface area contributed by atoms with Gasteiger partial charge in [-0.3, -0.25) is 0 Å². The first-order chi connectivity index (χ1) is 9.15. The molecule has 0 aliphatic rings. The molecule has 0 aliphatic heterocycles. The topological polar surface area (TPSA) is 46.2 Å². The molecular weight excluding hydrogens is 270 g/mol. The molecule has 0 unspecified atom stereocenters. The second-order valence-corrected chi connectivity index (χ2v) is 5.25. The molecule has 0 fully saturated rings. The molecule has 20 heavy (non-hydrogen) atoms. The molecule has 2 aromatic rings. The van der Waals surface area contributed by atoms with Crippen molar-refractivity contribution in [1.82, 2.24) is 0 Å². The van der Waals surface area contributed by atoms with Crippen molar-refractivity contribution in [2.24, 2.45) is 5.73 Å². The van der Waals surface area contributed by atoms with Gasteiger partial charge in [0.15, 0.2) is 0 Å². The Morgan fingerprint density at radius 3 is 2.40 bits per heavy atom. The molecule has 0 aromatic heterocycles. The zero-order valence-electron chi connectivity index (χ0n) is 12.2. The molecule has 2 nitrogen and oxygen atoms in total. The lowest BCUT2D eigenvalue weighted by Crippen LogP contribution is -2.26. The Balaban J connectivity index is 0.00000200. The van der Waals surface area contributed by atoms with Crippen LogP contribution in [0.5, 0.6) is 0 Å². The zero-order chi connectivity index (χ0) is 13.8. The minimum atomic E-state index is -0.467. The number of fused-ring (bicyclic) bond motifs is 1. The van der Waals surface area contributed by atoms with Crippen LogP contribution in [0, 0.1) is 6.92 Å². The number of aliphatic hydroxyl groups excluding tert-OH is 1. The van der Waals surface area contributed by atoms with Gasteiger partial charge in [0.25, 0.3) is 0 Å². The van der Waals surface area contributed by atoms with Crippen LogP contribution >= 0.6 is 12.4 Å². The molecule has 0 bridgehead atoms. The lowest BCUT2D eigenvalue weighted by Gasteiger charge is -2.21. The van der Waals surface area contributed by atoms with Crippen molar-refractivity contribution in [2.45, 2.75) is 45.3 Å². The predicted molar refractivity (Wildman–Crippen MR) is 88.4 cm³/mol. The molecule has 0 aliphatic carbocycles. The highest BCUT2D eigenvalue weighted by atomic mass is 35.5. The second-order valence-electron chi connectivity index (χ2n) is 5.25. The Morgan fingerprint density at radius 1 is 1.10 bits per heavy atom. The number of rotatable bonds is 5. The minimum absolute atomic E-state index is 0. The van der Waals surface area contributed by atoms with Gasteiger partial charge in [0, 0.05) is 0 Å². The molecule has 0 heterocycles. The minimum Gasteiger partial charge on any atom is -0.391 e. The van der Waals surface area contributed by atoms with Crippen LogP contribution in [-0.2, 0) is 0 Å². The summed E-state index contributed by atoms with van der Waals surface area (Å²) in [5, 5.41) is 12.6. The number of aliphatic hydroxyl groups is 1. The first-order valence-corrected chi connectivity index (χ1v) is 7.07. The molecule has 3 heteroatoms. The van der Waals surface area contributed by atoms with Gasteiger partial charge in [0.05, 0.1) is 12.1 Å². The van der Waals surface area contributed by atoms with Crippen molar-refractivity contribution in [3.8, 4) is 0 Å². The molecule has 3 N–H and O–H groups in total. The number of aryl methyl sites for hydroxylation is 1. The van der Waals surface area contributed by atoms with Gasteiger partial charge >= 0.3 is 0 Å². The average molecular weight is 294 g/mol. The Kier molecular flexibility index (Phi) is 6.47. The van der Waals surface area contributed by atoms with Gasteiger partial charge in [-0.15, -0.1) is 12.4 Å². The Labute approximate surface area is 127 Å². The smallest absolute Gasteiger partial charge is 0.0733 e. The number of hydrogen-bond donors (Lipinski definition) is 2. The second kappa shape index (κ2) is 7.63. The van der Waals surface area contributed by atoms with E-state index in [1.165, 1.54) is 10.9 Å². The lowest BCUT2D eigenvalue weighted by molar-refractivity contribution is 0.133. The van der Waals surface area contributed by atoms with E-state index in [1.54, 1.807) is 0 Å². The number of hydrogen-bond acceptors (Lipinski definition) is 2. The fourth-order valence-electron chi connectivity index (χ4n) is 2.56. The average Bonchev–Trinajstić information content (AvgIpc) is 2.45. The molecule has 0 saturated carbocycles. The van der Waals surface area contributed by atoms with Crippen LogP contribution in [-0.4, -0.2) is 11.2 Å². The van der Waals surface area contributed by atoms with E-state index < -0.39 is 6.10 Å². The van der Waals surface area contributed by atoms with Crippen LogP contribution in [0.3, 0.4) is 0 Å². The van der Waals surface area contributed by atoms with Crippen LogP contribution in [0.4, 0.5) is 0 Å². The van der Waals surface area contributed by atoms with Crippen molar-refractivity contribution in [3.63, 3.8) is 0 Å². The summed E-state index contributed by atoms with van der Waals surface area (Å²) in [6.07, 6.45) is 2.39. The molecule has 2 rings (SSSR count). The normalized spacial score (nSPS) is 13.8. The highest BCUT2D eigenvalue weighted by molar-refractivity contribution is 5.89. The van der Waals surface area contributed by atoms with Gasteiger partial charge in [-0.2, -0.15) is 0 Å². The van der Waals surface area contributed by atoms with E-state index in [9.17, 15) is 5.11 Å². The zero-order valence-corrected chi connectivity index (χ0v) is 13.0. The van der Waals surface area contributed by atoms with Crippen molar-refractivity contribution in [3.05, 3.63) is 47.5 Å².